The van der Waals surface area contributed by atoms with Crippen LogP contribution in [0, 0.1) is 17.3 Å². The summed E-state index contributed by atoms with van der Waals surface area (Å²) in [6.07, 6.45) is 13.0. The number of amides is 1. The second kappa shape index (κ2) is 21.1. The highest BCUT2D eigenvalue weighted by Gasteiger charge is 2.60. The number of rotatable bonds is 17. The van der Waals surface area contributed by atoms with Crippen molar-refractivity contribution in [3.8, 4) is 5.75 Å². The first-order chi connectivity index (χ1) is 27.3. The predicted molar refractivity (Wildman–Crippen MR) is 220 cm³/mol. The number of pyridine rings is 1. The molecule has 58 heavy (non-hydrogen) atoms. The molecule has 2 fully saturated rings. The fourth-order valence-electron chi connectivity index (χ4n) is 7.27. The van der Waals surface area contributed by atoms with Gasteiger partial charge < -0.3 is 54.7 Å². The maximum Gasteiger partial charge on any atom is 0.265 e. The molecule has 2 aliphatic rings. The minimum Gasteiger partial charge on any atom is -0.507 e. The summed E-state index contributed by atoms with van der Waals surface area (Å²) in [5, 5.41) is 68.0. The van der Waals surface area contributed by atoms with Crippen LogP contribution < -0.4 is 10.9 Å². The Hall–Kier alpha value is -4.25. The molecule has 0 saturated carbocycles. The average molecular weight is 811 g/mol. The van der Waals surface area contributed by atoms with Gasteiger partial charge in [0.25, 0.3) is 5.56 Å². The number of nitrogens with one attached hydrogen (secondary N) is 1. The molecular weight excluding hydrogens is 748 g/mol. The van der Waals surface area contributed by atoms with Crippen molar-refractivity contribution in [1.82, 2.24) is 9.88 Å². The van der Waals surface area contributed by atoms with Gasteiger partial charge in [0.2, 0.25) is 11.7 Å². The summed E-state index contributed by atoms with van der Waals surface area (Å²) in [5.41, 5.74) is -0.881. The number of Topliss-reactive ketones (excluding diaryl/α,β-unsaturated/α-hetero) is 1. The number of allylic oxidation sites excluding steroid dienone is 10. The van der Waals surface area contributed by atoms with Crippen molar-refractivity contribution in [2.75, 3.05) is 13.7 Å². The van der Waals surface area contributed by atoms with Gasteiger partial charge in [-0.25, -0.2) is 0 Å². The Labute approximate surface area is 340 Å². The first-order valence-electron chi connectivity index (χ1n) is 19.5. The van der Waals surface area contributed by atoms with Gasteiger partial charge in [0.15, 0.2) is 5.78 Å². The molecular formula is C44H62N2O12. The lowest BCUT2D eigenvalue weighted by atomic mass is 9.71. The van der Waals surface area contributed by atoms with E-state index >= 15 is 0 Å². The van der Waals surface area contributed by atoms with Crippen LogP contribution in [0.3, 0.4) is 0 Å². The number of aryl methyl sites for hydroxylation is 1. The zero-order valence-electron chi connectivity index (χ0n) is 34.9. The SMILES string of the molecule is C/C=C/C=C/[C@H]1O[C@@](O)([C@@H](CC)C(=O)NC/C=C/C=C(\C)[C@H](OC)[C@H](C)[C@H]2O[C@@H](/C=C/C=C/C=C(\C)C(=O)c3c(O)ccn(C)c3=O)[C@@H](O)[C@H]2O)[C@@H](O)[C@@H](O)C1(C)C. The van der Waals surface area contributed by atoms with Gasteiger partial charge in [-0.3, -0.25) is 14.4 Å². The van der Waals surface area contributed by atoms with Gasteiger partial charge in [-0.05, 0) is 44.4 Å². The summed E-state index contributed by atoms with van der Waals surface area (Å²) in [6, 6.07) is 1.27. The summed E-state index contributed by atoms with van der Waals surface area (Å²) < 4.78 is 19.0. The highest BCUT2D eigenvalue weighted by atomic mass is 16.7. The smallest absolute Gasteiger partial charge is 0.265 e. The van der Waals surface area contributed by atoms with Gasteiger partial charge >= 0.3 is 0 Å². The standard InChI is InChI=1S/C44H62N2O12/c1-10-12-14-22-32-43(6,7)39(51)40(52)44(55,58-32)29(11-2)41(53)45-24-18-17-20-27(4)37(56-9)28(5)38-36(50)35(49)31(57-38)21-16-13-15-19-26(3)34(48)33-30(47)23-25-46(8)42(33)54/h10,12-23,25,28-29,31-32,35-40,47,49-52,55H,11,24H2,1-9H3,(H,45,53)/b12-10+,15-13+,18-17+,21-16+,22-14+,26-19+,27-20+/t28-,29-,31-,32+,35+,36+,37-,38+,39+,40-,44-/m0/s1. The van der Waals surface area contributed by atoms with E-state index < -0.39 is 94.9 Å². The van der Waals surface area contributed by atoms with Gasteiger partial charge in [-0.2, -0.15) is 0 Å². The number of aliphatic hydroxyl groups excluding tert-OH is 4. The number of ether oxygens (including phenoxy) is 3. The Morgan fingerprint density at radius 2 is 1.67 bits per heavy atom. The maximum atomic E-state index is 13.3. The lowest BCUT2D eigenvalue weighted by molar-refractivity contribution is -0.359. The number of aromatic nitrogens is 1. The second-order valence-electron chi connectivity index (χ2n) is 15.5. The third-order valence-corrected chi connectivity index (χ3v) is 11.0. The number of hydrogen-bond donors (Lipinski definition) is 7. The van der Waals surface area contributed by atoms with Crippen LogP contribution in [0.2, 0.25) is 0 Å². The number of carbonyl (C=O) groups excluding carboxylic acids is 2. The van der Waals surface area contributed by atoms with Crippen LogP contribution in [0.25, 0.3) is 0 Å². The number of aliphatic hydroxyl groups is 5. The van der Waals surface area contributed by atoms with E-state index in [2.05, 4.69) is 5.32 Å². The summed E-state index contributed by atoms with van der Waals surface area (Å²) in [7, 11) is 3.01. The third-order valence-electron chi connectivity index (χ3n) is 11.0. The van der Waals surface area contributed by atoms with Crippen LogP contribution in [0.4, 0.5) is 0 Å². The average Bonchev–Trinajstić information content (AvgIpc) is 3.46. The van der Waals surface area contributed by atoms with Gasteiger partial charge in [-0.15, -0.1) is 0 Å². The lowest BCUT2D eigenvalue weighted by Gasteiger charge is -2.53. The minimum absolute atomic E-state index is 0.0818. The second-order valence-corrected chi connectivity index (χ2v) is 15.5. The Kier molecular flexibility index (Phi) is 17.5. The predicted octanol–water partition coefficient (Wildman–Crippen LogP) is 3.09. The van der Waals surface area contributed by atoms with Crippen molar-refractivity contribution in [1.29, 1.82) is 0 Å². The Balaban J connectivity index is 1.61. The Morgan fingerprint density at radius 3 is 2.31 bits per heavy atom. The monoisotopic (exact) mass is 810 g/mol. The molecule has 14 heteroatoms. The first-order valence-corrected chi connectivity index (χ1v) is 19.5. The number of ketones is 1. The molecule has 320 valence electrons. The third kappa shape index (κ3) is 10.9. The van der Waals surface area contributed by atoms with Crippen molar-refractivity contribution in [2.45, 2.75) is 110 Å². The normalized spacial score (nSPS) is 29.9. The van der Waals surface area contributed by atoms with Crippen molar-refractivity contribution in [2.24, 2.45) is 24.3 Å². The summed E-state index contributed by atoms with van der Waals surface area (Å²) in [4.78, 5) is 38.4. The molecule has 11 atom stereocenters. The van der Waals surface area contributed by atoms with Crippen LogP contribution in [0.1, 0.15) is 65.2 Å². The fourth-order valence-corrected chi connectivity index (χ4v) is 7.27. The first kappa shape index (κ1) is 48.1. The lowest BCUT2D eigenvalue weighted by Crippen LogP contribution is -2.69. The van der Waals surface area contributed by atoms with Crippen molar-refractivity contribution in [3.05, 3.63) is 112 Å². The van der Waals surface area contributed by atoms with Crippen LogP contribution in [0.5, 0.6) is 5.75 Å². The zero-order chi connectivity index (χ0) is 43.5. The molecule has 0 spiro atoms. The molecule has 7 N–H and O–H groups in total. The van der Waals surface area contributed by atoms with E-state index in [9.17, 15) is 45.0 Å². The molecule has 1 amide bonds. The van der Waals surface area contributed by atoms with Crippen LogP contribution in [0.15, 0.2) is 101 Å². The highest BCUT2D eigenvalue weighted by Crippen LogP contribution is 2.44. The number of carbonyl (C=O) groups is 2. The Morgan fingerprint density at radius 1 is 1.00 bits per heavy atom. The molecule has 0 radical (unpaired) electrons. The van der Waals surface area contributed by atoms with E-state index in [0.29, 0.717) is 0 Å². The molecule has 3 heterocycles. The largest absolute Gasteiger partial charge is 0.507 e. The number of aromatic hydroxyl groups is 1. The maximum absolute atomic E-state index is 13.3. The summed E-state index contributed by atoms with van der Waals surface area (Å²) >= 11 is 0. The molecule has 0 aliphatic carbocycles. The number of hydrogen-bond acceptors (Lipinski definition) is 12. The zero-order valence-corrected chi connectivity index (χ0v) is 34.9. The van der Waals surface area contributed by atoms with E-state index in [1.807, 2.05) is 26.8 Å². The molecule has 2 saturated heterocycles. The highest BCUT2D eigenvalue weighted by molar-refractivity contribution is 6.09. The molecule has 1 aromatic heterocycles. The summed E-state index contributed by atoms with van der Waals surface area (Å²) in [5.74, 6) is -5.51. The molecule has 0 bridgehead atoms. The minimum atomic E-state index is -2.34. The molecule has 0 aromatic carbocycles. The van der Waals surface area contributed by atoms with Gasteiger partial charge in [-0.1, -0.05) is 101 Å². The van der Waals surface area contributed by atoms with E-state index in [1.165, 1.54) is 44.0 Å². The molecule has 3 rings (SSSR count). The van der Waals surface area contributed by atoms with Gasteiger partial charge in [0, 0.05) is 38.2 Å². The Bertz CT molecular complexity index is 1860. The number of methoxy groups -OCH3 is 1. The van der Waals surface area contributed by atoms with E-state index in [0.717, 1.165) is 5.57 Å². The fraction of sp³-hybridized carbons (Fsp3) is 0.523. The van der Waals surface area contributed by atoms with E-state index in [1.54, 1.807) is 81.5 Å². The van der Waals surface area contributed by atoms with E-state index in [-0.39, 0.29) is 24.1 Å². The topological polar surface area (TPSA) is 217 Å². The summed E-state index contributed by atoms with van der Waals surface area (Å²) in [6.45, 7) is 12.2. The van der Waals surface area contributed by atoms with Crippen LogP contribution >= 0.6 is 0 Å². The molecule has 0 unspecified atom stereocenters. The van der Waals surface area contributed by atoms with Crippen molar-refractivity contribution < 1.29 is 54.4 Å². The van der Waals surface area contributed by atoms with Gasteiger partial charge in [0.05, 0.1) is 30.3 Å². The van der Waals surface area contributed by atoms with E-state index in [4.69, 9.17) is 14.2 Å². The van der Waals surface area contributed by atoms with Crippen molar-refractivity contribution >= 4 is 11.7 Å². The van der Waals surface area contributed by atoms with Crippen LogP contribution in [-0.2, 0) is 26.1 Å². The number of nitrogens with zero attached hydrogens (tertiary/aromatic N) is 1. The molecule has 1 aromatic rings. The van der Waals surface area contributed by atoms with Crippen LogP contribution in [-0.4, -0.2) is 115 Å². The molecule has 14 nitrogen and oxygen atoms in total. The quantitative estimate of drug-likeness (QED) is 0.0687. The molecule has 2 aliphatic heterocycles. The van der Waals surface area contributed by atoms with Crippen molar-refractivity contribution in [3.63, 3.8) is 0 Å². The van der Waals surface area contributed by atoms with Gasteiger partial charge in [0.1, 0.15) is 35.7 Å².